The number of nitrogens with zero attached hydrogens (tertiary/aromatic N) is 3. The zero-order valence-corrected chi connectivity index (χ0v) is 19.0. The van der Waals surface area contributed by atoms with Gasteiger partial charge in [-0.1, -0.05) is 29.8 Å². The molecule has 0 radical (unpaired) electrons. The Morgan fingerprint density at radius 3 is 2.55 bits per heavy atom. The van der Waals surface area contributed by atoms with Gasteiger partial charge >= 0.3 is 0 Å². The van der Waals surface area contributed by atoms with E-state index in [1.807, 2.05) is 60.4 Å². The number of hydrogen-bond acceptors (Lipinski definition) is 5. The summed E-state index contributed by atoms with van der Waals surface area (Å²) in [5.74, 6) is 0.203. The predicted octanol–water partition coefficient (Wildman–Crippen LogP) is 2.54. The van der Waals surface area contributed by atoms with Crippen LogP contribution in [0.3, 0.4) is 0 Å². The second-order valence-electron chi connectivity index (χ2n) is 8.39. The van der Waals surface area contributed by atoms with E-state index in [9.17, 15) is 9.59 Å². The zero-order chi connectivity index (χ0) is 23.4. The molecule has 0 bridgehead atoms. The largest absolute Gasteiger partial charge is 0.497 e. The van der Waals surface area contributed by atoms with Crippen molar-refractivity contribution in [3.05, 3.63) is 65.9 Å². The van der Waals surface area contributed by atoms with Crippen LogP contribution in [0.2, 0.25) is 0 Å². The number of likely N-dealkylation sites (tertiary alicyclic amines) is 1. The Morgan fingerprint density at radius 1 is 1.15 bits per heavy atom. The van der Waals surface area contributed by atoms with Gasteiger partial charge in [0.1, 0.15) is 11.4 Å². The predicted molar refractivity (Wildman–Crippen MR) is 126 cm³/mol. The third-order valence-electron chi connectivity index (χ3n) is 5.90. The summed E-state index contributed by atoms with van der Waals surface area (Å²) in [6.45, 7) is 3.73. The topological polar surface area (TPSA) is 102 Å². The Bertz CT molecular complexity index is 1130. The number of benzene rings is 2. The molecule has 2 aromatic carbocycles. The smallest absolute Gasteiger partial charge is 0.255 e. The maximum absolute atomic E-state index is 13.3. The average Bonchev–Trinajstić information content (AvgIpc) is 3.26. The Morgan fingerprint density at radius 2 is 1.88 bits per heavy atom. The number of carbonyl (C=O) groups excluding carboxylic acids is 2. The standard InChI is InChI=1S/C25H29N5O3/c1-17-6-8-20(9-7-17)30-15-22(24(28-30)18-4-3-5-21(14-18)33-2)25(32)27-19-10-12-29(13-11-19)16-23(26)31/h3-9,14-15,19H,10-13,16H2,1-2H3,(H2,26,31)(H,27,32). The van der Waals surface area contributed by atoms with Gasteiger partial charge in [-0.15, -0.1) is 0 Å². The van der Waals surface area contributed by atoms with E-state index in [1.54, 1.807) is 18.0 Å². The number of nitrogens with one attached hydrogen (secondary N) is 1. The Kier molecular flexibility index (Phi) is 6.74. The first-order valence-corrected chi connectivity index (χ1v) is 11.1. The lowest BCUT2D eigenvalue weighted by molar-refractivity contribution is -0.119. The summed E-state index contributed by atoms with van der Waals surface area (Å²) in [7, 11) is 1.61. The molecule has 0 unspecified atom stereocenters. The molecule has 3 N–H and O–H groups in total. The van der Waals surface area contributed by atoms with Crippen molar-refractivity contribution in [2.45, 2.75) is 25.8 Å². The van der Waals surface area contributed by atoms with Crippen molar-refractivity contribution in [1.29, 1.82) is 0 Å². The molecule has 0 atom stereocenters. The van der Waals surface area contributed by atoms with Gasteiger partial charge in [0.25, 0.3) is 5.91 Å². The minimum atomic E-state index is -0.330. The van der Waals surface area contributed by atoms with Crippen molar-refractivity contribution < 1.29 is 14.3 Å². The molecule has 3 aromatic rings. The van der Waals surface area contributed by atoms with E-state index in [0.29, 0.717) is 17.0 Å². The van der Waals surface area contributed by atoms with Crippen LogP contribution < -0.4 is 15.8 Å². The van der Waals surface area contributed by atoms with Gasteiger partial charge in [-0.05, 0) is 44.0 Å². The third-order valence-corrected chi connectivity index (χ3v) is 5.90. The van der Waals surface area contributed by atoms with Crippen LogP contribution in [0.5, 0.6) is 5.75 Å². The van der Waals surface area contributed by atoms with Gasteiger partial charge in [-0.3, -0.25) is 14.5 Å². The number of amides is 2. The van der Waals surface area contributed by atoms with Crippen molar-refractivity contribution in [2.24, 2.45) is 5.73 Å². The zero-order valence-electron chi connectivity index (χ0n) is 19.0. The first-order chi connectivity index (χ1) is 15.9. The molecule has 8 nitrogen and oxygen atoms in total. The summed E-state index contributed by atoms with van der Waals surface area (Å²) in [6, 6.07) is 15.6. The van der Waals surface area contributed by atoms with E-state index in [0.717, 1.165) is 42.7 Å². The summed E-state index contributed by atoms with van der Waals surface area (Å²) < 4.78 is 7.10. The molecule has 1 fully saturated rings. The van der Waals surface area contributed by atoms with E-state index >= 15 is 0 Å². The number of carbonyl (C=O) groups is 2. The number of primary amides is 1. The highest BCUT2D eigenvalue weighted by Gasteiger charge is 2.25. The number of ether oxygens (including phenoxy) is 1. The van der Waals surface area contributed by atoms with Crippen molar-refractivity contribution in [1.82, 2.24) is 20.0 Å². The van der Waals surface area contributed by atoms with Crippen LogP contribution in [-0.2, 0) is 4.79 Å². The maximum atomic E-state index is 13.3. The molecule has 8 heteroatoms. The first kappa shape index (κ1) is 22.5. The molecule has 0 aliphatic carbocycles. The number of nitrogens with two attached hydrogens (primary N) is 1. The molecule has 1 aliphatic rings. The SMILES string of the molecule is COc1cccc(-c2nn(-c3ccc(C)cc3)cc2C(=O)NC2CCN(CC(N)=O)CC2)c1. The van der Waals surface area contributed by atoms with E-state index in [1.165, 1.54) is 0 Å². The van der Waals surface area contributed by atoms with Crippen LogP contribution in [-0.4, -0.2) is 59.3 Å². The number of methoxy groups -OCH3 is 1. The fraction of sp³-hybridized carbons (Fsp3) is 0.320. The van der Waals surface area contributed by atoms with Gasteiger partial charge in [0.05, 0.1) is 24.9 Å². The second kappa shape index (κ2) is 9.87. The Hall–Kier alpha value is -3.65. The van der Waals surface area contributed by atoms with Gasteiger partial charge in [0, 0.05) is 30.9 Å². The minimum Gasteiger partial charge on any atom is -0.497 e. The van der Waals surface area contributed by atoms with Crippen LogP contribution in [0.15, 0.2) is 54.7 Å². The monoisotopic (exact) mass is 447 g/mol. The molecular formula is C25H29N5O3. The van der Waals surface area contributed by atoms with Gasteiger partial charge in [-0.25, -0.2) is 4.68 Å². The van der Waals surface area contributed by atoms with Gasteiger partial charge in [-0.2, -0.15) is 5.10 Å². The fourth-order valence-electron chi connectivity index (χ4n) is 4.07. The Balaban J connectivity index is 1.59. The molecule has 2 heterocycles. The van der Waals surface area contributed by atoms with Crippen molar-refractivity contribution >= 4 is 11.8 Å². The van der Waals surface area contributed by atoms with Gasteiger partial charge in [0.2, 0.25) is 5.91 Å². The van der Waals surface area contributed by atoms with Crippen LogP contribution in [0, 0.1) is 6.92 Å². The van der Waals surface area contributed by atoms with Crippen molar-refractivity contribution in [3.63, 3.8) is 0 Å². The number of hydrogen-bond donors (Lipinski definition) is 2. The summed E-state index contributed by atoms with van der Waals surface area (Å²) >= 11 is 0. The van der Waals surface area contributed by atoms with Crippen LogP contribution in [0.4, 0.5) is 0 Å². The molecule has 0 spiro atoms. The van der Waals surface area contributed by atoms with E-state index < -0.39 is 0 Å². The summed E-state index contributed by atoms with van der Waals surface area (Å²) in [5, 5.41) is 7.91. The van der Waals surface area contributed by atoms with Crippen LogP contribution in [0.25, 0.3) is 16.9 Å². The lowest BCUT2D eigenvalue weighted by Gasteiger charge is -2.31. The molecule has 4 rings (SSSR count). The number of piperidine rings is 1. The van der Waals surface area contributed by atoms with E-state index in [2.05, 4.69) is 5.32 Å². The van der Waals surface area contributed by atoms with Crippen molar-refractivity contribution in [3.8, 4) is 22.7 Å². The quantitative estimate of drug-likeness (QED) is 0.580. The molecule has 0 saturated carbocycles. The summed E-state index contributed by atoms with van der Waals surface area (Å²) in [6.07, 6.45) is 3.30. The third kappa shape index (κ3) is 5.40. The van der Waals surface area contributed by atoms with Gasteiger partial charge < -0.3 is 15.8 Å². The fourth-order valence-corrected chi connectivity index (χ4v) is 4.07. The first-order valence-electron chi connectivity index (χ1n) is 11.1. The summed E-state index contributed by atoms with van der Waals surface area (Å²) in [5.41, 5.74) is 9.23. The maximum Gasteiger partial charge on any atom is 0.255 e. The van der Waals surface area contributed by atoms with Crippen molar-refractivity contribution in [2.75, 3.05) is 26.7 Å². The minimum absolute atomic E-state index is 0.0301. The molecular weight excluding hydrogens is 418 g/mol. The van der Waals surface area contributed by atoms with Gasteiger partial charge in [0.15, 0.2) is 0 Å². The lowest BCUT2D eigenvalue weighted by Crippen LogP contribution is -2.46. The van der Waals surface area contributed by atoms with E-state index in [4.69, 9.17) is 15.6 Å². The molecule has 1 saturated heterocycles. The highest BCUT2D eigenvalue weighted by molar-refractivity contribution is 6.00. The van der Waals surface area contributed by atoms with Crippen LogP contribution >= 0.6 is 0 Å². The van der Waals surface area contributed by atoms with E-state index in [-0.39, 0.29) is 24.4 Å². The highest BCUT2D eigenvalue weighted by atomic mass is 16.5. The lowest BCUT2D eigenvalue weighted by atomic mass is 10.0. The number of rotatable bonds is 7. The average molecular weight is 448 g/mol. The molecule has 172 valence electrons. The molecule has 2 amide bonds. The number of aromatic nitrogens is 2. The summed E-state index contributed by atoms with van der Waals surface area (Å²) in [4.78, 5) is 26.5. The molecule has 1 aliphatic heterocycles. The Labute approximate surface area is 193 Å². The second-order valence-corrected chi connectivity index (χ2v) is 8.39. The molecule has 1 aromatic heterocycles. The molecule has 33 heavy (non-hydrogen) atoms. The van der Waals surface area contributed by atoms with Crippen LogP contribution in [0.1, 0.15) is 28.8 Å². The normalized spacial score (nSPS) is 14.7. The highest BCUT2D eigenvalue weighted by Crippen LogP contribution is 2.27. The number of aryl methyl sites for hydroxylation is 1.